The number of nitrogens with one attached hydrogen (secondary N) is 1. The highest BCUT2D eigenvalue weighted by Gasteiger charge is 2.09. The summed E-state index contributed by atoms with van der Waals surface area (Å²) in [4.78, 5) is 30.1. The molecule has 0 saturated carbocycles. The standard InChI is InChI=1S/C11H10N2O5S/c14-9(13-17-5-10(15)16)6-19-11-12-7-3-1-2-4-8(7)18-11/h1-4H,5-6H2,(H,13,14)(H,15,16). The van der Waals surface area contributed by atoms with E-state index in [1.165, 1.54) is 0 Å². The number of carboxylic acid groups (broad SMARTS) is 1. The molecule has 19 heavy (non-hydrogen) atoms. The van der Waals surface area contributed by atoms with Crippen LogP contribution in [0.4, 0.5) is 0 Å². The molecule has 0 aliphatic carbocycles. The van der Waals surface area contributed by atoms with Gasteiger partial charge in [0.15, 0.2) is 12.2 Å². The summed E-state index contributed by atoms with van der Waals surface area (Å²) in [7, 11) is 0. The molecular weight excluding hydrogens is 272 g/mol. The summed E-state index contributed by atoms with van der Waals surface area (Å²) >= 11 is 1.10. The van der Waals surface area contributed by atoms with Gasteiger partial charge in [0.1, 0.15) is 5.52 Å². The van der Waals surface area contributed by atoms with Crippen molar-refractivity contribution in [3.63, 3.8) is 0 Å². The first-order valence-electron chi connectivity index (χ1n) is 5.26. The lowest BCUT2D eigenvalue weighted by atomic mass is 10.3. The lowest BCUT2D eigenvalue weighted by Gasteiger charge is -2.01. The van der Waals surface area contributed by atoms with Gasteiger partial charge in [0.2, 0.25) is 0 Å². The van der Waals surface area contributed by atoms with Crippen molar-refractivity contribution in [1.82, 2.24) is 10.5 Å². The molecule has 1 aromatic heterocycles. The van der Waals surface area contributed by atoms with Crippen molar-refractivity contribution in [2.24, 2.45) is 0 Å². The maximum absolute atomic E-state index is 11.3. The fraction of sp³-hybridized carbons (Fsp3) is 0.182. The Hall–Kier alpha value is -2.06. The van der Waals surface area contributed by atoms with E-state index in [9.17, 15) is 9.59 Å². The zero-order valence-corrected chi connectivity index (χ0v) is 10.5. The third-order valence-corrected chi connectivity index (χ3v) is 2.81. The minimum absolute atomic E-state index is 0.0203. The third kappa shape index (κ3) is 3.97. The lowest BCUT2D eigenvalue weighted by molar-refractivity contribution is -0.148. The van der Waals surface area contributed by atoms with Gasteiger partial charge in [-0.3, -0.25) is 9.63 Å². The fourth-order valence-electron chi connectivity index (χ4n) is 1.25. The molecule has 1 aromatic carbocycles. The van der Waals surface area contributed by atoms with E-state index in [1.807, 2.05) is 17.6 Å². The van der Waals surface area contributed by atoms with Crippen LogP contribution >= 0.6 is 11.8 Å². The number of carboxylic acids is 1. The number of benzene rings is 1. The van der Waals surface area contributed by atoms with Gasteiger partial charge in [0.05, 0.1) is 5.75 Å². The predicted octanol–water partition coefficient (Wildman–Crippen LogP) is 1.05. The highest BCUT2D eigenvalue weighted by molar-refractivity contribution is 7.99. The van der Waals surface area contributed by atoms with Gasteiger partial charge in [-0.15, -0.1) is 0 Å². The van der Waals surface area contributed by atoms with E-state index >= 15 is 0 Å². The SMILES string of the molecule is O=C(O)CONC(=O)CSc1nc2ccccc2o1. The molecule has 0 spiro atoms. The molecule has 0 atom stereocenters. The van der Waals surface area contributed by atoms with Gasteiger partial charge in [-0.25, -0.2) is 15.3 Å². The van der Waals surface area contributed by atoms with Crippen LogP contribution in [0, 0.1) is 0 Å². The number of rotatable bonds is 6. The van der Waals surface area contributed by atoms with Gasteiger partial charge < -0.3 is 9.52 Å². The largest absolute Gasteiger partial charge is 0.479 e. The molecule has 2 aromatic rings. The maximum atomic E-state index is 11.3. The molecule has 2 N–H and O–H groups in total. The Kier molecular flexibility index (Phi) is 4.37. The second-order valence-electron chi connectivity index (χ2n) is 3.44. The van der Waals surface area contributed by atoms with E-state index in [-0.39, 0.29) is 5.75 Å². The van der Waals surface area contributed by atoms with Crippen molar-refractivity contribution in [2.45, 2.75) is 5.22 Å². The number of hydroxylamine groups is 1. The molecule has 2 rings (SSSR count). The van der Waals surface area contributed by atoms with Gasteiger partial charge in [-0.2, -0.15) is 0 Å². The molecule has 0 fully saturated rings. The lowest BCUT2D eigenvalue weighted by Crippen LogP contribution is -2.28. The molecule has 1 heterocycles. The Labute approximate surface area is 111 Å². The van der Waals surface area contributed by atoms with E-state index in [2.05, 4.69) is 9.82 Å². The Morgan fingerprint density at radius 1 is 1.42 bits per heavy atom. The minimum Gasteiger partial charge on any atom is -0.479 e. The number of hydrogen-bond acceptors (Lipinski definition) is 6. The van der Waals surface area contributed by atoms with E-state index < -0.39 is 18.5 Å². The topological polar surface area (TPSA) is 102 Å². The average Bonchev–Trinajstić information content (AvgIpc) is 2.78. The van der Waals surface area contributed by atoms with Crippen LogP contribution in [0.1, 0.15) is 0 Å². The third-order valence-electron chi connectivity index (χ3n) is 1.98. The second kappa shape index (κ2) is 6.21. The second-order valence-corrected chi connectivity index (χ2v) is 4.37. The van der Waals surface area contributed by atoms with Gasteiger partial charge in [-0.1, -0.05) is 23.9 Å². The van der Waals surface area contributed by atoms with Gasteiger partial charge >= 0.3 is 5.97 Å². The number of oxazole rings is 1. The first kappa shape index (κ1) is 13.4. The summed E-state index contributed by atoms with van der Waals surface area (Å²) in [6, 6.07) is 7.25. The van der Waals surface area contributed by atoms with Crippen LogP contribution < -0.4 is 5.48 Å². The van der Waals surface area contributed by atoms with Crippen molar-refractivity contribution >= 4 is 34.7 Å². The van der Waals surface area contributed by atoms with Crippen LogP contribution in [0.15, 0.2) is 33.9 Å². The number of nitrogens with zero attached hydrogens (tertiary/aromatic N) is 1. The average molecular weight is 282 g/mol. The molecule has 100 valence electrons. The number of aromatic nitrogens is 1. The Balaban J connectivity index is 1.81. The molecule has 0 aliphatic heterocycles. The summed E-state index contributed by atoms with van der Waals surface area (Å²) in [5.41, 5.74) is 3.37. The van der Waals surface area contributed by atoms with E-state index in [1.54, 1.807) is 12.1 Å². The van der Waals surface area contributed by atoms with Crippen LogP contribution in [0.2, 0.25) is 0 Å². The number of amides is 1. The molecule has 0 saturated heterocycles. The number of aliphatic carboxylic acids is 1. The maximum Gasteiger partial charge on any atom is 0.332 e. The number of hydrogen-bond donors (Lipinski definition) is 2. The Morgan fingerprint density at radius 2 is 2.21 bits per heavy atom. The summed E-state index contributed by atoms with van der Waals surface area (Å²) in [5.74, 6) is -1.60. The number of carbonyl (C=O) groups is 2. The summed E-state index contributed by atoms with van der Waals surface area (Å²) in [6.45, 7) is -0.584. The number of fused-ring (bicyclic) bond motifs is 1. The number of thioether (sulfide) groups is 1. The van der Waals surface area contributed by atoms with Crippen molar-refractivity contribution in [3.05, 3.63) is 24.3 Å². The zero-order valence-electron chi connectivity index (χ0n) is 9.66. The first-order valence-corrected chi connectivity index (χ1v) is 6.24. The minimum atomic E-state index is -1.16. The van der Waals surface area contributed by atoms with Crippen LogP contribution in [0.25, 0.3) is 11.1 Å². The molecule has 8 heteroatoms. The molecule has 0 unspecified atom stereocenters. The highest BCUT2D eigenvalue weighted by Crippen LogP contribution is 2.22. The molecular formula is C11H10N2O5S. The van der Waals surface area contributed by atoms with E-state index in [4.69, 9.17) is 9.52 Å². The van der Waals surface area contributed by atoms with Crippen LogP contribution in [-0.2, 0) is 14.4 Å². The Morgan fingerprint density at radius 3 is 2.95 bits per heavy atom. The van der Waals surface area contributed by atoms with Crippen molar-refractivity contribution in [1.29, 1.82) is 0 Å². The molecule has 0 radical (unpaired) electrons. The van der Waals surface area contributed by atoms with Crippen LogP contribution in [-0.4, -0.2) is 34.3 Å². The van der Waals surface area contributed by atoms with E-state index in [0.717, 1.165) is 11.8 Å². The first-order chi connectivity index (χ1) is 9.15. The van der Waals surface area contributed by atoms with Gasteiger partial charge in [-0.05, 0) is 12.1 Å². The molecule has 7 nitrogen and oxygen atoms in total. The fourth-order valence-corrected chi connectivity index (χ4v) is 1.87. The summed E-state index contributed by atoms with van der Waals surface area (Å²) < 4.78 is 5.40. The molecule has 1 amide bonds. The zero-order chi connectivity index (χ0) is 13.7. The predicted molar refractivity (Wildman–Crippen MR) is 66.5 cm³/mol. The van der Waals surface area contributed by atoms with Crippen molar-refractivity contribution in [2.75, 3.05) is 12.4 Å². The molecule has 0 bridgehead atoms. The normalized spacial score (nSPS) is 10.5. The number of carbonyl (C=O) groups excluding carboxylic acids is 1. The number of para-hydroxylation sites is 2. The summed E-state index contributed by atoms with van der Waals surface area (Å²) in [6.07, 6.45) is 0. The summed E-state index contributed by atoms with van der Waals surface area (Å²) in [5, 5.41) is 8.68. The smallest absolute Gasteiger partial charge is 0.332 e. The van der Waals surface area contributed by atoms with Crippen LogP contribution in [0.5, 0.6) is 0 Å². The monoisotopic (exact) mass is 282 g/mol. The van der Waals surface area contributed by atoms with Crippen LogP contribution in [0.3, 0.4) is 0 Å². The van der Waals surface area contributed by atoms with Gasteiger partial charge in [0, 0.05) is 0 Å². The molecule has 0 aliphatic rings. The van der Waals surface area contributed by atoms with Crippen molar-refractivity contribution < 1.29 is 24.0 Å². The van der Waals surface area contributed by atoms with E-state index in [0.29, 0.717) is 16.3 Å². The quantitative estimate of drug-likeness (QED) is 0.603. The van der Waals surface area contributed by atoms with Gasteiger partial charge in [0.25, 0.3) is 11.1 Å². The Bertz CT molecular complexity index is 565. The van der Waals surface area contributed by atoms with Crippen molar-refractivity contribution in [3.8, 4) is 0 Å². The highest BCUT2D eigenvalue weighted by atomic mass is 32.2.